The van der Waals surface area contributed by atoms with Crippen LogP contribution in [0.25, 0.3) is 0 Å². The summed E-state index contributed by atoms with van der Waals surface area (Å²) in [6.07, 6.45) is 8.45. The molecule has 0 saturated heterocycles. The first-order valence-corrected chi connectivity index (χ1v) is 6.13. The van der Waals surface area contributed by atoms with Crippen molar-refractivity contribution in [3.05, 3.63) is 12.2 Å². The Morgan fingerprint density at radius 1 is 1.40 bits per heavy atom. The molecule has 1 atom stereocenters. The van der Waals surface area contributed by atoms with Gasteiger partial charge in [0.25, 0.3) is 0 Å². The molecule has 1 aliphatic carbocycles. The fraction of sp³-hybridized carbons (Fsp3) is 0.786. The second kappa shape index (κ2) is 4.96. The van der Waals surface area contributed by atoms with Crippen molar-refractivity contribution in [3.8, 4) is 0 Å². The standard InChI is InChI=1S/C14H24O/c1-11(2)7-8-13(15)12-6-5-9-14(3,4)10-12/h7-8,11-12H,5-6,9-10H2,1-4H3/b8-7+. The van der Waals surface area contributed by atoms with Crippen molar-refractivity contribution in [2.45, 2.75) is 53.4 Å². The van der Waals surface area contributed by atoms with Crippen LogP contribution < -0.4 is 0 Å². The highest BCUT2D eigenvalue weighted by molar-refractivity contribution is 5.91. The van der Waals surface area contributed by atoms with E-state index in [1.165, 1.54) is 12.8 Å². The normalized spacial score (nSPS) is 26.1. The molecule has 0 spiro atoms. The SMILES string of the molecule is CC(C)/C=C/C(=O)C1CCCC(C)(C)C1. The molecule has 1 rings (SSSR count). The van der Waals surface area contributed by atoms with Gasteiger partial charge in [0.2, 0.25) is 0 Å². The Balaban J connectivity index is 2.53. The Labute approximate surface area is 93.9 Å². The second-order valence-electron chi connectivity index (χ2n) is 5.96. The molecule has 1 aliphatic rings. The molecule has 1 nitrogen and oxygen atoms in total. The van der Waals surface area contributed by atoms with Crippen LogP contribution in [0.2, 0.25) is 0 Å². The number of ketones is 1. The zero-order valence-corrected chi connectivity index (χ0v) is 10.5. The fourth-order valence-corrected chi connectivity index (χ4v) is 2.36. The van der Waals surface area contributed by atoms with Crippen LogP contribution >= 0.6 is 0 Å². The van der Waals surface area contributed by atoms with Crippen molar-refractivity contribution in [2.24, 2.45) is 17.3 Å². The highest BCUT2D eigenvalue weighted by Crippen LogP contribution is 2.38. The molecule has 1 fully saturated rings. The van der Waals surface area contributed by atoms with Crippen molar-refractivity contribution in [1.29, 1.82) is 0 Å². The van der Waals surface area contributed by atoms with E-state index in [4.69, 9.17) is 0 Å². The van der Waals surface area contributed by atoms with E-state index >= 15 is 0 Å². The topological polar surface area (TPSA) is 17.1 Å². The third kappa shape index (κ3) is 4.19. The van der Waals surface area contributed by atoms with Crippen LogP contribution in [-0.2, 0) is 4.79 Å². The van der Waals surface area contributed by atoms with Crippen molar-refractivity contribution in [1.82, 2.24) is 0 Å². The van der Waals surface area contributed by atoms with Crippen LogP contribution in [0.1, 0.15) is 53.4 Å². The molecule has 0 amide bonds. The van der Waals surface area contributed by atoms with Gasteiger partial charge in [-0.3, -0.25) is 4.79 Å². The summed E-state index contributed by atoms with van der Waals surface area (Å²) in [6, 6.07) is 0. The van der Waals surface area contributed by atoms with Crippen molar-refractivity contribution >= 4 is 5.78 Å². The molecule has 0 aliphatic heterocycles. The summed E-state index contributed by atoms with van der Waals surface area (Å²) in [5, 5.41) is 0. The van der Waals surface area contributed by atoms with Crippen LogP contribution in [0, 0.1) is 17.3 Å². The smallest absolute Gasteiger partial charge is 0.158 e. The summed E-state index contributed by atoms with van der Waals surface area (Å²) in [5.74, 6) is 1.10. The third-order valence-corrected chi connectivity index (χ3v) is 3.25. The monoisotopic (exact) mass is 208 g/mol. The lowest BCUT2D eigenvalue weighted by Crippen LogP contribution is -2.27. The Kier molecular flexibility index (Phi) is 4.12. The molecule has 0 N–H and O–H groups in total. The van der Waals surface area contributed by atoms with Crippen LogP contribution in [0.15, 0.2) is 12.2 Å². The summed E-state index contributed by atoms with van der Waals surface area (Å²) in [6.45, 7) is 8.76. The molecule has 0 aromatic heterocycles. The van der Waals surface area contributed by atoms with Crippen LogP contribution in [0.3, 0.4) is 0 Å². The highest BCUT2D eigenvalue weighted by Gasteiger charge is 2.30. The maximum Gasteiger partial charge on any atom is 0.158 e. The van der Waals surface area contributed by atoms with Crippen molar-refractivity contribution in [2.75, 3.05) is 0 Å². The first kappa shape index (κ1) is 12.5. The van der Waals surface area contributed by atoms with Crippen LogP contribution in [-0.4, -0.2) is 5.78 Å². The lowest BCUT2D eigenvalue weighted by Gasteiger charge is -2.34. The zero-order valence-electron chi connectivity index (χ0n) is 10.5. The first-order valence-electron chi connectivity index (χ1n) is 6.13. The van der Waals surface area contributed by atoms with Gasteiger partial charge < -0.3 is 0 Å². The predicted molar refractivity (Wildman–Crippen MR) is 64.7 cm³/mol. The Hall–Kier alpha value is -0.590. The van der Waals surface area contributed by atoms with Gasteiger partial charge in [-0.25, -0.2) is 0 Å². The average Bonchev–Trinajstić information content (AvgIpc) is 2.12. The quantitative estimate of drug-likeness (QED) is 0.641. The van der Waals surface area contributed by atoms with E-state index < -0.39 is 0 Å². The van der Waals surface area contributed by atoms with Gasteiger partial charge in [0, 0.05) is 5.92 Å². The van der Waals surface area contributed by atoms with Gasteiger partial charge in [-0.1, -0.05) is 40.2 Å². The molecule has 0 bridgehead atoms. The number of hydrogen-bond donors (Lipinski definition) is 0. The van der Waals surface area contributed by atoms with Gasteiger partial charge in [0.05, 0.1) is 0 Å². The van der Waals surface area contributed by atoms with E-state index in [2.05, 4.69) is 27.7 Å². The van der Waals surface area contributed by atoms with Gasteiger partial charge in [-0.15, -0.1) is 0 Å². The summed E-state index contributed by atoms with van der Waals surface area (Å²) < 4.78 is 0. The predicted octanol–water partition coefficient (Wildman–Crippen LogP) is 3.98. The minimum atomic E-state index is 0.281. The lowest BCUT2D eigenvalue weighted by atomic mass is 9.71. The van der Waals surface area contributed by atoms with Gasteiger partial charge in [-0.05, 0) is 36.7 Å². The molecule has 0 heterocycles. The third-order valence-electron chi connectivity index (χ3n) is 3.25. The zero-order chi connectivity index (χ0) is 11.5. The first-order chi connectivity index (χ1) is 6.91. The molecule has 0 aromatic carbocycles. The maximum absolute atomic E-state index is 11.9. The average molecular weight is 208 g/mol. The highest BCUT2D eigenvalue weighted by atomic mass is 16.1. The van der Waals surface area contributed by atoms with E-state index in [0.717, 1.165) is 12.8 Å². The summed E-state index contributed by atoms with van der Waals surface area (Å²) >= 11 is 0. The van der Waals surface area contributed by atoms with E-state index in [1.807, 2.05) is 6.08 Å². The maximum atomic E-state index is 11.9. The minimum Gasteiger partial charge on any atom is -0.295 e. The molecular weight excluding hydrogens is 184 g/mol. The molecule has 1 saturated carbocycles. The summed E-state index contributed by atoms with van der Waals surface area (Å²) in [5.41, 5.74) is 0.365. The van der Waals surface area contributed by atoms with Crippen LogP contribution in [0.5, 0.6) is 0 Å². The summed E-state index contributed by atoms with van der Waals surface area (Å²) in [7, 11) is 0. The van der Waals surface area contributed by atoms with Crippen molar-refractivity contribution < 1.29 is 4.79 Å². The van der Waals surface area contributed by atoms with E-state index in [0.29, 0.717) is 17.1 Å². The number of carbonyl (C=O) groups excluding carboxylic acids is 1. The van der Waals surface area contributed by atoms with E-state index in [9.17, 15) is 4.79 Å². The molecule has 1 heteroatoms. The fourth-order valence-electron chi connectivity index (χ4n) is 2.36. The number of rotatable bonds is 3. The summed E-state index contributed by atoms with van der Waals surface area (Å²) in [4.78, 5) is 11.9. The number of allylic oxidation sites excluding steroid dienone is 2. The van der Waals surface area contributed by atoms with Crippen molar-refractivity contribution in [3.63, 3.8) is 0 Å². The number of hydrogen-bond acceptors (Lipinski definition) is 1. The molecule has 0 aromatic rings. The van der Waals surface area contributed by atoms with Gasteiger partial charge in [0.15, 0.2) is 5.78 Å². The largest absolute Gasteiger partial charge is 0.295 e. The van der Waals surface area contributed by atoms with Crippen LogP contribution in [0.4, 0.5) is 0 Å². The lowest BCUT2D eigenvalue weighted by molar-refractivity contribution is -0.120. The Morgan fingerprint density at radius 3 is 2.60 bits per heavy atom. The Morgan fingerprint density at radius 2 is 2.07 bits per heavy atom. The second-order valence-corrected chi connectivity index (χ2v) is 5.96. The molecule has 86 valence electrons. The Bertz CT molecular complexity index is 248. The molecule has 15 heavy (non-hydrogen) atoms. The van der Waals surface area contributed by atoms with Gasteiger partial charge in [0.1, 0.15) is 0 Å². The molecule has 0 radical (unpaired) electrons. The number of carbonyl (C=O) groups is 1. The van der Waals surface area contributed by atoms with E-state index in [1.54, 1.807) is 6.08 Å². The van der Waals surface area contributed by atoms with E-state index in [-0.39, 0.29) is 5.92 Å². The van der Waals surface area contributed by atoms with Gasteiger partial charge >= 0.3 is 0 Å². The molecular formula is C14H24O. The molecule has 1 unspecified atom stereocenters. The van der Waals surface area contributed by atoms with Gasteiger partial charge in [-0.2, -0.15) is 0 Å². The minimum absolute atomic E-state index is 0.281.